The van der Waals surface area contributed by atoms with E-state index in [2.05, 4.69) is 0 Å². The average molecular weight is 236 g/mol. The maximum atomic E-state index is 9.91. The van der Waals surface area contributed by atoms with Crippen LogP contribution in [0.2, 0.25) is 0 Å². The lowest BCUT2D eigenvalue weighted by atomic mass is 9.89. The lowest BCUT2D eigenvalue weighted by molar-refractivity contribution is 0.0279. The highest BCUT2D eigenvalue weighted by atomic mass is 16.5. The fourth-order valence-corrected chi connectivity index (χ4v) is 2.18. The van der Waals surface area contributed by atoms with Crippen molar-refractivity contribution in [1.29, 1.82) is 0 Å². The third-order valence-corrected chi connectivity index (χ3v) is 3.01. The van der Waals surface area contributed by atoms with Gasteiger partial charge in [0.05, 0.1) is 11.7 Å². The molecular weight excluding hydrogens is 216 g/mol. The zero-order chi connectivity index (χ0) is 12.5. The Morgan fingerprint density at radius 1 is 1.41 bits per heavy atom. The predicted octanol–water partition coefficient (Wildman–Crippen LogP) is 2.21. The minimum absolute atomic E-state index is 0.263. The zero-order valence-electron chi connectivity index (χ0n) is 10.4. The number of aliphatic hydroxyl groups excluding tert-OH is 1. The Labute approximate surface area is 102 Å². The average Bonchev–Trinajstić information content (AvgIpc) is 2.26. The Balaban J connectivity index is 2.21. The van der Waals surface area contributed by atoms with Gasteiger partial charge in [0.15, 0.2) is 0 Å². The van der Waals surface area contributed by atoms with E-state index in [4.69, 9.17) is 4.74 Å². The third kappa shape index (κ3) is 2.99. The molecule has 0 saturated heterocycles. The Morgan fingerprint density at radius 3 is 2.88 bits per heavy atom. The molecule has 3 heteroatoms. The third-order valence-electron chi connectivity index (χ3n) is 3.01. The summed E-state index contributed by atoms with van der Waals surface area (Å²) in [5.41, 5.74) is 1.23. The van der Waals surface area contributed by atoms with Gasteiger partial charge < -0.3 is 14.9 Å². The molecule has 1 aromatic rings. The molecule has 0 fully saturated rings. The summed E-state index contributed by atoms with van der Waals surface area (Å²) in [5.74, 6) is 0.795. The fraction of sp³-hybridized carbons (Fsp3) is 0.571. The molecule has 0 radical (unpaired) electrons. The number of benzene rings is 1. The molecule has 0 spiro atoms. The smallest absolute Gasteiger partial charge is 0.123 e. The van der Waals surface area contributed by atoms with Crippen molar-refractivity contribution in [3.63, 3.8) is 0 Å². The van der Waals surface area contributed by atoms with Crippen LogP contribution in [0.3, 0.4) is 0 Å². The minimum atomic E-state index is -0.837. The summed E-state index contributed by atoms with van der Waals surface area (Å²) in [7, 11) is 0. The second kappa shape index (κ2) is 4.67. The van der Waals surface area contributed by atoms with Crippen LogP contribution >= 0.6 is 0 Å². The van der Waals surface area contributed by atoms with E-state index in [-0.39, 0.29) is 12.7 Å². The summed E-state index contributed by atoms with van der Waals surface area (Å²) in [5, 5.41) is 19.6. The normalized spacial score (nSPS) is 19.9. The molecule has 0 heterocycles. The van der Waals surface area contributed by atoms with Crippen LogP contribution < -0.4 is 4.74 Å². The summed E-state index contributed by atoms with van der Waals surface area (Å²) >= 11 is 0. The first kappa shape index (κ1) is 12.4. The van der Waals surface area contributed by atoms with Gasteiger partial charge in [0.25, 0.3) is 0 Å². The maximum absolute atomic E-state index is 9.91. The Morgan fingerprint density at radius 2 is 2.18 bits per heavy atom. The molecule has 17 heavy (non-hydrogen) atoms. The first-order valence-corrected chi connectivity index (χ1v) is 6.12. The van der Waals surface area contributed by atoms with Gasteiger partial charge in [-0.1, -0.05) is 12.1 Å². The highest BCUT2D eigenvalue weighted by Gasteiger charge is 2.22. The molecule has 0 bridgehead atoms. The molecule has 0 amide bonds. The fourth-order valence-electron chi connectivity index (χ4n) is 2.18. The van der Waals surface area contributed by atoms with Crippen LogP contribution in [0.1, 0.15) is 43.9 Å². The molecule has 1 aliphatic carbocycles. The van der Waals surface area contributed by atoms with Crippen LogP contribution in [0.4, 0.5) is 0 Å². The molecule has 0 aromatic heterocycles. The first-order chi connectivity index (χ1) is 7.97. The Kier molecular flexibility index (Phi) is 3.40. The van der Waals surface area contributed by atoms with Gasteiger partial charge in [-0.15, -0.1) is 0 Å². The largest absolute Gasteiger partial charge is 0.490 e. The number of hydrogen-bond donors (Lipinski definition) is 2. The standard InChI is InChI=1S/C14H20O3/c1-14(2,16)9-17-13-8-4-5-10-11(13)6-3-7-12(10)15/h4-5,8,12,15-16H,3,6-7,9H2,1-2H3. The molecule has 2 rings (SSSR count). The summed E-state index contributed by atoms with van der Waals surface area (Å²) in [6.07, 6.45) is 2.37. The molecule has 94 valence electrons. The van der Waals surface area contributed by atoms with Crippen LogP contribution in [-0.2, 0) is 6.42 Å². The topological polar surface area (TPSA) is 49.7 Å². The van der Waals surface area contributed by atoms with E-state index >= 15 is 0 Å². The van der Waals surface area contributed by atoms with Crippen LogP contribution in [0.15, 0.2) is 18.2 Å². The molecule has 0 saturated carbocycles. The van der Waals surface area contributed by atoms with Crippen molar-refractivity contribution in [1.82, 2.24) is 0 Å². The lowest BCUT2D eigenvalue weighted by Gasteiger charge is -2.25. The summed E-state index contributed by atoms with van der Waals surface area (Å²) < 4.78 is 5.66. The summed E-state index contributed by atoms with van der Waals surface area (Å²) in [6.45, 7) is 3.70. The van der Waals surface area contributed by atoms with Crippen LogP contribution in [0.5, 0.6) is 5.75 Å². The van der Waals surface area contributed by atoms with Crippen molar-refractivity contribution < 1.29 is 14.9 Å². The minimum Gasteiger partial charge on any atom is -0.490 e. The lowest BCUT2D eigenvalue weighted by Crippen LogP contribution is -2.28. The number of rotatable bonds is 3. The van der Waals surface area contributed by atoms with Crippen molar-refractivity contribution in [2.45, 2.75) is 44.8 Å². The molecule has 1 atom stereocenters. The van der Waals surface area contributed by atoms with Gasteiger partial charge in [0, 0.05) is 0 Å². The van der Waals surface area contributed by atoms with Crippen LogP contribution in [-0.4, -0.2) is 22.4 Å². The number of hydrogen-bond acceptors (Lipinski definition) is 3. The predicted molar refractivity (Wildman–Crippen MR) is 66.1 cm³/mol. The van der Waals surface area contributed by atoms with Gasteiger partial charge >= 0.3 is 0 Å². The molecule has 1 aromatic carbocycles. The highest BCUT2D eigenvalue weighted by Crippen LogP contribution is 2.35. The van der Waals surface area contributed by atoms with Gasteiger partial charge in [-0.3, -0.25) is 0 Å². The summed E-state index contributed by atoms with van der Waals surface area (Å²) in [4.78, 5) is 0. The Bertz CT molecular complexity index is 393. The molecule has 1 aliphatic rings. The number of fused-ring (bicyclic) bond motifs is 1. The molecular formula is C14H20O3. The highest BCUT2D eigenvalue weighted by molar-refractivity contribution is 5.42. The van der Waals surface area contributed by atoms with Gasteiger partial charge in [0.2, 0.25) is 0 Å². The van der Waals surface area contributed by atoms with Crippen LogP contribution in [0, 0.1) is 0 Å². The molecule has 2 N–H and O–H groups in total. The molecule has 1 unspecified atom stereocenters. The van der Waals surface area contributed by atoms with Crippen molar-refractivity contribution in [2.24, 2.45) is 0 Å². The van der Waals surface area contributed by atoms with Crippen molar-refractivity contribution in [3.05, 3.63) is 29.3 Å². The number of aliphatic hydroxyl groups is 2. The maximum Gasteiger partial charge on any atom is 0.123 e. The van der Waals surface area contributed by atoms with E-state index in [0.29, 0.717) is 0 Å². The monoisotopic (exact) mass is 236 g/mol. The zero-order valence-corrected chi connectivity index (χ0v) is 10.4. The Hall–Kier alpha value is -1.06. The van der Waals surface area contributed by atoms with Crippen LogP contribution in [0.25, 0.3) is 0 Å². The molecule has 0 aliphatic heterocycles. The van der Waals surface area contributed by atoms with E-state index in [1.54, 1.807) is 13.8 Å². The van der Waals surface area contributed by atoms with Crippen molar-refractivity contribution >= 4 is 0 Å². The van der Waals surface area contributed by atoms with Gasteiger partial charge in [-0.25, -0.2) is 0 Å². The second-order valence-corrected chi connectivity index (χ2v) is 5.33. The van der Waals surface area contributed by atoms with E-state index in [1.165, 1.54) is 0 Å². The van der Waals surface area contributed by atoms with Crippen molar-refractivity contribution in [2.75, 3.05) is 6.61 Å². The quantitative estimate of drug-likeness (QED) is 0.846. The first-order valence-electron chi connectivity index (χ1n) is 6.12. The van der Waals surface area contributed by atoms with Crippen molar-refractivity contribution in [3.8, 4) is 5.75 Å². The van der Waals surface area contributed by atoms with Gasteiger partial charge in [-0.05, 0) is 50.3 Å². The SMILES string of the molecule is CC(C)(O)COc1cccc2c1CCCC2O. The summed E-state index contributed by atoms with van der Waals surface area (Å²) in [6, 6.07) is 5.76. The van der Waals surface area contributed by atoms with E-state index in [9.17, 15) is 10.2 Å². The van der Waals surface area contributed by atoms with E-state index in [1.807, 2.05) is 18.2 Å². The van der Waals surface area contributed by atoms with E-state index in [0.717, 1.165) is 36.1 Å². The second-order valence-electron chi connectivity index (χ2n) is 5.33. The van der Waals surface area contributed by atoms with Gasteiger partial charge in [0.1, 0.15) is 12.4 Å². The van der Waals surface area contributed by atoms with Gasteiger partial charge in [-0.2, -0.15) is 0 Å². The van der Waals surface area contributed by atoms with E-state index < -0.39 is 5.60 Å². The number of ether oxygens (including phenoxy) is 1. The molecule has 3 nitrogen and oxygen atoms in total.